The summed E-state index contributed by atoms with van der Waals surface area (Å²) in [5, 5.41) is 0. The van der Waals surface area contributed by atoms with Crippen LogP contribution in [-0.4, -0.2) is 6.17 Å². The lowest BCUT2D eigenvalue weighted by Gasteiger charge is -1.99. The lowest BCUT2D eigenvalue weighted by Crippen LogP contribution is -1.95. The van der Waals surface area contributed by atoms with E-state index >= 15 is 0 Å². The third-order valence-electron chi connectivity index (χ3n) is 1.25. The molecule has 0 radical (unpaired) electrons. The molecule has 1 unspecified atom stereocenters. The molecule has 0 aromatic carbocycles. The maximum absolute atomic E-state index is 12.6. The zero-order valence-corrected chi connectivity index (χ0v) is 6.19. The molecule has 0 N–H and O–H groups in total. The van der Waals surface area contributed by atoms with Gasteiger partial charge in [-0.15, -0.1) is 0 Å². The van der Waals surface area contributed by atoms with E-state index in [9.17, 15) is 4.39 Å². The van der Waals surface area contributed by atoms with E-state index in [0.29, 0.717) is 0 Å². The first-order valence-electron chi connectivity index (χ1n) is 3.12. The molecule has 0 aromatic rings. The molecule has 9 heavy (non-hydrogen) atoms. The van der Waals surface area contributed by atoms with Crippen molar-refractivity contribution in [2.75, 3.05) is 0 Å². The number of alkyl halides is 1. The van der Waals surface area contributed by atoms with Gasteiger partial charge in [0, 0.05) is 0 Å². The summed E-state index contributed by atoms with van der Waals surface area (Å²) < 4.78 is 12.6. The highest BCUT2D eigenvalue weighted by molar-refractivity contribution is 5.11. The molecule has 0 aliphatic carbocycles. The summed E-state index contributed by atoms with van der Waals surface area (Å²) in [6.07, 6.45) is 4.15. The van der Waals surface area contributed by atoms with Crippen molar-refractivity contribution < 1.29 is 4.39 Å². The van der Waals surface area contributed by atoms with Gasteiger partial charge in [-0.05, 0) is 26.3 Å². The van der Waals surface area contributed by atoms with Crippen molar-refractivity contribution in [3.05, 3.63) is 23.8 Å². The van der Waals surface area contributed by atoms with E-state index in [1.807, 2.05) is 13.8 Å². The van der Waals surface area contributed by atoms with Gasteiger partial charge in [0.1, 0.15) is 6.17 Å². The minimum absolute atomic E-state index is 0.771. The second-order valence-corrected chi connectivity index (χ2v) is 1.96. The molecule has 0 fully saturated rings. The smallest absolute Gasteiger partial charge is 0.139 e. The zero-order valence-electron chi connectivity index (χ0n) is 6.19. The van der Waals surface area contributed by atoms with Gasteiger partial charge in [0.15, 0.2) is 0 Å². The van der Waals surface area contributed by atoms with Crippen LogP contribution in [0.4, 0.5) is 4.39 Å². The summed E-state index contributed by atoms with van der Waals surface area (Å²) >= 11 is 0. The first-order chi connectivity index (χ1) is 4.22. The van der Waals surface area contributed by atoms with Crippen LogP contribution in [0.3, 0.4) is 0 Å². The standard InChI is InChI=1S/C8H13F/c1-4-6-8(9)7(3)5-2/h4-6,8H,1-3H3/b6-4+,7-5+. The Bertz CT molecular complexity index is 123. The van der Waals surface area contributed by atoms with Crippen molar-refractivity contribution in [3.8, 4) is 0 Å². The van der Waals surface area contributed by atoms with Gasteiger partial charge in [0.05, 0.1) is 0 Å². The molecule has 0 heterocycles. The molecule has 0 saturated carbocycles. The Kier molecular flexibility index (Phi) is 4.02. The van der Waals surface area contributed by atoms with E-state index in [2.05, 4.69) is 0 Å². The van der Waals surface area contributed by atoms with E-state index < -0.39 is 6.17 Å². The van der Waals surface area contributed by atoms with Crippen LogP contribution in [0.5, 0.6) is 0 Å². The average molecular weight is 128 g/mol. The van der Waals surface area contributed by atoms with Crippen LogP contribution in [0.25, 0.3) is 0 Å². The maximum Gasteiger partial charge on any atom is 0.139 e. The quantitative estimate of drug-likeness (QED) is 0.501. The summed E-state index contributed by atoms with van der Waals surface area (Å²) in [5.74, 6) is 0. The first kappa shape index (κ1) is 8.41. The van der Waals surface area contributed by atoms with Crippen LogP contribution < -0.4 is 0 Å². The van der Waals surface area contributed by atoms with Gasteiger partial charge in [-0.1, -0.05) is 18.2 Å². The molecular formula is C8H13F. The molecule has 52 valence electrons. The second-order valence-electron chi connectivity index (χ2n) is 1.96. The van der Waals surface area contributed by atoms with Crippen LogP contribution in [0.2, 0.25) is 0 Å². The molecule has 1 atom stereocenters. The van der Waals surface area contributed by atoms with Crippen molar-refractivity contribution in [1.29, 1.82) is 0 Å². The van der Waals surface area contributed by atoms with E-state index in [1.165, 1.54) is 6.08 Å². The summed E-state index contributed by atoms with van der Waals surface area (Å²) in [6, 6.07) is 0. The topological polar surface area (TPSA) is 0 Å². The van der Waals surface area contributed by atoms with Crippen molar-refractivity contribution >= 4 is 0 Å². The fourth-order valence-corrected chi connectivity index (χ4v) is 0.480. The van der Waals surface area contributed by atoms with E-state index in [0.717, 1.165) is 5.57 Å². The highest BCUT2D eigenvalue weighted by Gasteiger charge is 1.99. The SMILES string of the molecule is C/C=C/C(F)/C(C)=C/C. The van der Waals surface area contributed by atoms with Gasteiger partial charge < -0.3 is 0 Å². The molecular weight excluding hydrogens is 115 g/mol. The lowest BCUT2D eigenvalue weighted by molar-refractivity contribution is 0.449. The third-order valence-corrected chi connectivity index (χ3v) is 1.25. The van der Waals surface area contributed by atoms with Crippen LogP contribution in [0.1, 0.15) is 20.8 Å². The predicted molar refractivity (Wildman–Crippen MR) is 39.1 cm³/mol. The summed E-state index contributed by atoms with van der Waals surface area (Å²) in [4.78, 5) is 0. The number of hydrogen-bond acceptors (Lipinski definition) is 0. The Balaban J connectivity index is 3.88. The van der Waals surface area contributed by atoms with E-state index in [-0.39, 0.29) is 0 Å². The van der Waals surface area contributed by atoms with Gasteiger partial charge in [-0.3, -0.25) is 0 Å². The molecule has 0 rings (SSSR count). The van der Waals surface area contributed by atoms with E-state index in [1.54, 1.807) is 19.1 Å². The van der Waals surface area contributed by atoms with Gasteiger partial charge in [0.2, 0.25) is 0 Å². The molecule has 0 aliphatic rings. The Labute approximate surface area is 56.1 Å². The summed E-state index contributed by atoms with van der Waals surface area (Å²) in [5.41, 5.74) is 0.771. The summed E-state index contributed by atoms with van der Waals surface area (Å²) in [7, 11) is 0. The maximum atomic E-state index is 12.6. The number of hydrogen-bond donors (Lipinski definition) is 0. The van der Waals surface area contributed by atoms with Gasteiger partial charge in [-0.25, -0.2) is 4.39 Å². The Morgan fingerprint density at radius 1 is 1.44 bits per heavy atom. The molecule has 0 aromatic heterocycles. The van der Waals surface area contributed by atoms with Gasteiger partial charge in [-0.2, -0.15) is 0 Å². The number of rotatable bonds is 2. The molecule has 0 aliphatic heterocycles. The molecule has 0 saturated heterocycles. The van der Waals surface area contributed by atoms with E-state index in [4.69, 9.17) is 0 Å². The average Bonchev–Trinajstić information content (AvgIpc) is 1.87. The van der Waals surface area contributed by atoms with Crippen molar-refractivity contribution in [2.45, 2.75) is 26.9 Å². The van der Waals surface area contributed by atoms with Gasteiger partial charge in [0.25, 0.3) is 0 Å². The van der Waals surface area contributed by atoms with Crippen LogP contribution in [-0.2, 0) is 0 Å². The Hall–Kier alpha value is -0.590. The fourth-order valence-electron chi connectivity index (χ4n) is 0.480. The lowest BCUT2D eigenvalue weighted by atomic mass is 10.2. The van der Waals surface area contributed by atoms with Gasteiger partial charge >= 0.3 is 0 Å². The summed E-state index contributed by atoms with van der Waals surface area (Å²) in [6.45, 7) is 5.44. The first-order valence-corrected chi connectivity index (χ1v) is 3.12. The minimum atomic E-state index is -0.889. The molecule has 0 nitrogen and oxygen atoms in total. The fraction of sp³-hybridized carbons (Fsp3) is 0.500. The number of allylic oxidation sites excluding steroid dienone is 4. The predicted octanol–water partition coefficient (Wildman–Crippen LogP) is 2.87. The largest absolute Gasteiger partial charge is 0.238 e. The highest BCUT2D eigenvalue weighted by atomic mass is 19.1. The zero-order chi connectivity index (χ0) is 7.28. The molecule has 0 spiro atoms. The third kappa shape index (κ3) is 3.07. The van der Waals surface area contributed by atoms with Crippen LogP contribution in [0, 0.1) is 0 Å². The van der Waals surface area contributed by atoms with Crippen molar-refractivity contribution in [1.82, 2.24) is 0 Å². The van der Waals surface area contributed by atoms with Crippen LogP contribution >= 0.6 is 0 Å². The van der Waals surface area contributed by atoms with Crippen molar-refractivity contribution in [3.63, 3.8) is 0 Å². The molecule has 0 amide bonds. The minimum Gasteiger partial charge on any atom is -0.238 e. The van der Waals surface area contributed by atoms with Crippen LogP contribution in [0.15, 0.2) is 23.8 Å². The second kappa shape index (κ2) is 4.30. The Morgan fingerprint density at radius 3 is 2.33 bits per heavy atom. The van der Waals surface area contributed by atoms with Crippen molar-refractivity contribution in [2.24, 2.45) is 0 Å². The normalized spacial score (nSPS) is 16.7. The molecule has 1 heteroatoms. The monoisotopic (exact) mass is 128 g/mol. The Morgan fingerprint density at radius 2 is 2.00 bits per heavy atom. The highest BCUT2D eigenvalue weighted by Crippen LogP contribution is 2.06. The number of halogens is 1. The molecule has 0 bridgehead atoms.